The average molecular weight is 326 g/mol. The summed E-state index contributed by atoms with van der Waals surface area (Å²) in [7, 11) is 0. The molecule has 1 aromatic rings. The fourth-order valence-electron chi connectivity index (χ4n) is 2.64. The van der Waals surface area contributed by atoms with Crippen LogP contribution in [-0.4, -0.2) is 25.7 Å². The fraction of sp³-hybridized carbons (Fsp3) is 0.533. The Morgan fingerprint density at radius 3 is 2.74 bits per heavy atom. The van der Waals surface area contributed by atoms with Crippen molar-refractivity contribution in [1.29, 1.82) is 0 Å². The van der Waals surface area contributed by atoms with Gasteiger partial charge in [-0.2, -0.15) is 0 Å². The largest absolute Gasteiger partial charge is 0.466 e. The smallest absolute Gasteiger partial charge is 0.313 e. The zero-order valence-corrected chi connectivity index (χ0v) is 12.8. The van der Waals surface area contributed by atoms with Crippen LogP contribution in [-0.2, 0) is 16.0 Å². The molecule has 0 radical (unpaired) electrons. The maximum absolute atomic E-state index is 12.3. The molecule has 0 bridgehead atoms. The Balaban J connectivity index is 2.17. The van der Waals surface area contributed by atoms with Gasteiger partial charge in [-0.3, -0.25) is 4.79 Å². The minimum Gasteiger partial charge on any atom is -0.466 e. The van der Waals surface area contributed by atoms with Crippen molar-refractivity contribution in [3.05, 3.63) is 34.3 Å². The standard InChI is InChI=1S/C15H20BrNO2/c1-2-19-14(18)15(8-3-9-17-11-15)10-12-4-6-13(16)7-5-12/h4-7,17H,2-3,8-11H2,1H3/t15-/m0/s1. The van der Waals surface area contributed by atoms with Gasteiger partial charge in [0.1, 0.15) is 0 Å². The molecule has 1 N–H and O–H groups in total. The van der Waals surface area contributed by atoms with Crippen molar-refractivity contribution >= 4 is 21.9 Å². The number of carbonyl (C=O) groups is 1. The zero-order chi connectivity index (χ0) is 13.7. The molecular formula is C15H20BrNO2. The van der Waals surface area contributed by atoms with Crippen LogP contribution in [0.25, 0.3) is 0 Å². The van der Waals surface area contributed by atoms with E-state index in [-0.39, 0.29) is 5.97 Å². The maximum Gasteiger partial charge on any atom is 0.313 e. The minimum absolute atomic E-state index is 0.0647. The predicted molar refractivity (Wildman–Crippen MR) is 79.0 cm³/mol. The van der Waals surface area contributed by atoms with Crippen molar-refractivity contribution in [2.24, 2.45) is 5.41 Å². The number of piperidine rings is 1. The number of nitrogens with one attached hydrogen (secondary N) is 1. The van der Waals surface area contributed by atoms with E-state index < -0.39 is 5.41 Å². The van der Waals surface area contributed by atoms with Gasteiger partial charge in [-0.05, 0) is 50.4 Å². The molecule has 104 valence electrons. The van der Waals surface area contributed by atoms with Crippen LogP contribution in [0.4, 0.5) is 0 Å². The average Bonchev–Trinajstić information content (AvgIpc) is 2.43. The van der Waals surface area contributed by atoms with E-state index in [0.717, 1.165) is 30.3 Å². The number of hydrogen-bond donors (Lipinski definition) is 1. The topological polar surface area (TPSA) is 38.3 Å². The molecule has 1 aliphatic rings. The van der Waals surface area contributed by atoms with Gasteiger partial charge in [0, 0.05) is 11.0 Å². The molecule has 4 heteroatoms. The lowest BCUT2D eigenvalue weighted by Gasteiger charge is -2.35. The molecule has 1 fully saturated rings. The van der Waals surface area contributed by atoms with Crippen LogP contribution in [0.3, 0.4) is 0 Å². The van der Waals surface area contributed by atoms with E-state index in [4.69, 9.17) is 4.74 Å². The third-order valence-corrected chi connectivity index (χ3v) is 4.17. The van der Waals surface area contributed by atoms with Gasteiger partial charge >= 0.3 is 5.97 Å². The summed E-state index contributed by atoms with van der Waals surface area (Å²) in [5.41, 5.74) is 0.780. The van der Waals surface area contributed by atoms with E-state index in [2.05, 4.69) is 33.4 Å². The predicted octanol–water partition coefficient (Wildman–Crippen LogP) is 2.92. The van der Waals surface area contributed by atoms with Crippen LogP contribution in [0.5, 0.6) is 0 Å². The van der Waals surface area contributed by atoms with Crippen LogP contribution in [0, 0.1) is 5.41 Å². The molecular weight excluding hydrogens is 306 g/mol. The Hall–Kier alpha value is -0.870. The zero-order valence-electron chi connectivity index (χ0n) is 11.2. The van der Waals surface area contributed by atoms with Crippen molar-refractivity contribution in [2.75, 3.05) is 19.7 Å². The lowest BCUT2D eigenvalue weighted by atomic mass is 9.76. The molecule has 0 aromatic heterocycles. The van der Waals surface area contributed by atoms with Gasteiger partial charge in [0.2, 0.25) is 0 Å². The van der Waals surface area contributed by atoms with E-state index in [1.54, 1.807) is 0 Å². The SMILES string of the molecule is CCOC(=O)[C@]1(Cc2ccc(Br)cc2)CCCNC1. The third kappa shape index (κ3) is 3.57. The number of carbonyl (C=O) groups excluding carboxylic acids is 1. The molecule has 1 aliphatic heterocycles. The number of ether oxygens (including phenoxy) is 1. The lowest BCUT2D eigenvalue weighted by Crippen LogP contribution is -2.47. The Kier molecular flexibility index (Phi) is 4.99. The Bertz CT molecular complexity index is 424. The van der Waals surface area contributed by atoms with Crippen molar-refractivity contribution in [3.8, 4) is 0 Å². The van der Waals surface area contributed by atoms with Crippen molar-refractivity contribution in [2.45, 2.75) is 26.2 Å². The highest BCUT2D eigenvalue weighted by atomic mass is 79.9. The summed E-state index contributed by atoms with van der Waals surface area (Å²) in [4.78, 5) is 12.3. The highest BCUT2D eigenvalue weighted by molar-refractivity contribution is 9.10. The molecule has 19 heavy (non-hydrogen) atoms. The molecule has 1 aromatic carbocycles. The summed E-state index contributed by atoms with van der Waals surface area (Å²) in [6.45, 7) is 4.01. The Morgan fingerprint density at radius 1 is 1.42 bits per heavy atom. The van der Waals surface area contributed by atoms with Crippen molar-refractivity contribution < 1.29 is 9.53 Å². The molecule has 0 unspecified atom stereocenters. The molecule has 1 atom stereocenters. The number of hydrogen-bond acceptors (Lipinski definition) is 3. The molecule has 3 nitrogen and oxygen atoms in total. The van der Waals surface area contributed by atoms with E-state index in [1.165, 1.54) is 5.56 Å². The van der Waals surface area contributed by atoms with E-state index in [9.17, 15) is 4.79 Å². The van der Waals surface area contributed by atoms with Gasteiger partial charge in [0.15, 0.2) is 0 Å². The molecule has 2 rings (SSSR count). The van der Waals surface area contributed by atoms with E-state index in [0.29, 0.717) is 13.2 Å². The van der Waals surface area contributed by atoms with Gasteiger partial charge in [0.05, 0.1) is 12.0 Å². The number of esters is 1. The first-order valence-electron chi connectivity index (χ1n) is 6.79. The van der Waals surface area contributed by atoms with Crippen molar-refractivity contribution in [3.63, 3.8) is 0 Å². The number of benzene rings is 1. The summed E-state index contributed by atoms with van der Waals surface area (Å²) in [6.07, 6.45) is 2.66. The fourth-order valence-corrected chi connectivity index (χ4v) is 2.91. The second kappa shape index (κ2) is 6.53. The summed E-state index contributed by atoms with van der Waals surface area (Å²) in [5.74, 6) is -0.0647. The number of halogens is 1. The van der Waals surface area contributed by atoms with Crippen LogP contribution in [0.1, 0.15) is 25.3 Å². The highest BCUT2D eigenvalue weighted by Crippen LogP contribution is 2.32. The van der Waals surface area contributed by atoms with Gasteiger partial charge in [-0.1, -0.05) is 28.1 Å². The first kappa shape index (κ1) is 14.5. The summed E-state index contributed by atoms with van der Waals surface area (Å²) < 4.78 is 6.35. The third-order valence-electron chi connectivity index (χ3n) is 3.64. The van der Waals surface area contributed by atoms with Crippen LogP contribution < -0.4 is 5.32 Å². The number of rotatable bonds is 4. The normalized spacial score (nSPS) is 23.1. The lowest BCUT2D eigenvalue weighted by molar-refractivity contribution is -0.156. The van der Waals surface area contributed by atoms with Crippen LogP contribution in [0.15, 0.2) is 28.7 Å². The Labute approximate surface area is 122 Å². The summed E-state index contributed by atoms with van der Waals surface area (Å²) in [6, 6.07) is 8.17. The van der Waals surface area contributed by atoms with Gasteiger partial charge in [-0.15, -0.1) is 0 Å². The second-order valence-electron chi connectivity index (χ2n) is 5.08. The monoisotopic (exact) mass is 325 g/mol. The quantitative estimate of drug-likeness (QED) is 0.865. The molecule has 0 aliphatic carbocycles. The minimum atomic E-state index is -0.401. The van der Waals surface area contributed by atoms with Gasteiger partial charge in [-0.25, -0.2) is 0 Å². The highest BCUT2D eigenvalue weighted by Gasteiger charge is 2.40. The first-order valence-corrected chi connectivity index (χ1v) is 7.58. The van der Waals surface area contributed by atoms with E-state index in [1.807, 2.05) is 19.1 Å². The van der Waals surface area contributed by atoms with Gasteiger partial charge in [0.25, 0.3) is 0 Å². The maximum atomic E-state index is 12.3. The first-order chi connectivity index (χ1) is 9.16. The van der Waals surface area contributed by atoms with Crippen LogP contribution in [0.2, 0.25) is 0 Å². The molecule has 0 amide bonds. The second-order valence-corrected chi connectivity index (χ2v) is 6.00. The summed E-state index contributed by atoms with van der Waals surface area (Å²) in [5, 5.41) is 3.34. The molecule has 1 heterocycles. The molecule has 1 saturated heterocycles. The van der Waals surface area contributed by atoms with Gasteiger partial charge < -0.3 is 10.1 Å². The van der Waals surface area contributed by atoms with Crippen molar-refractivity contribution in [1.82, 2.24) is 5.32 Å². The molecule has 0 saturated carbocycles. The molecule has 0 spiro atoms. The Morgan fingerprint density at radius 2 is 2.16 bits per heavy atom. The van der Waals surface area contributed by atoms with Crippen LogP contribution >= 0.6 is 15.9 Å². The summed E-state index contributed by atoms with van der Waals surface area (Å²) >= 11 is 3.43. The van der Waals surface area contributed by atoms with E-state index >= 15 is 0 Å².